The Kier molecular flexibility index (Phi) is 5.52. The van der Waals surface area contributed by atoms with Gasteiger partial charge in [-0.05, 0) is 59.5 Å². The number of carbonyl (C=O) groups excluding carboxylic acids is 2. The van der Waals surface area contributed by atoms with Gasteiger partial charge in [0.2, 0.25) is 5.78 Å². The highest BCUT2D eigenvalue weighted by atomic mass is 16.5. The van der Waals surface area contributed by atoms with Gasteiger partial charge >= 0.3 is 5.97 Å². The van der Waals surface area contributed by atoms with E-state index in [2.05, 4.69) is 0 Å². The third-order valence-corrected chi connectivity index (χ3v) is 7.03. The van der Waals surface area contributed by atoms with Crippen LogP contribution in [-0.2, 0) is 11.8 Å². The number of esters is 1. The second kappa shape index (κ2) is 8.92. The predicted molar refractivity (Wildman–Crippen MR) is 140 cm³/mol. The summed E-state index contributed by atoms with van der Waals surface area (Å²) in [7, 11) is 4.83. The average Bonchev–Trinajstić information content (AvgIpc) is 3.25. The summed E-state index contributed by atoms with van der Waals surface area (Å²) in [5.41, 5.74) is 2.49. The first-order chi connectivity index (χ1) is 18.4. The number of ether oxygens (including phenoxy) is 4. The lowest BCUT2D eigenvalue weighted by atomic mass is 9.84. The second-order valence-corrected chi connectivity index (χ2v) is 9.19. The lowest BCUT2D eigenvalue weighted by Crippen LogP contribution is -2.29. The second-order valence-electron chi connectivity index (χ2n) is 9.19. The Hall–Kier alpha value is -4.85. The van der Waals surface area contributed by atoms with Crippen molar-refractivity contribution in [1.82, 2.24) is 4.57 Å². The van der Waals surface area contributed by atoms with E-state index in [9.17, 15) is 14.4 Å². The van der Waals surface area contributed by atoms with E-state index in [0.29, 0.717) is 39.5 Å². The van der Waals surface area contributed by atoms with E-state index in [0.717, 1.165) is 10.9 Å². The summed E-state index contributed by atoms with van der Waals surface area (Å²) in [6, 6.07) is 17.7. The highest BCUT2D eigenvalue weighted by Crippen LogP contribution is 2.48. The molecule has 2 aliphatic heterocycles. The normalized spacial score (nSPS) is 17.1. The summed E-state index contributed by atoms with van der Waals surface area (Å²) in [5.74, 6) is 0.663. The molecule has 0 N–H and O–H groups in total. The molecule has 0 saturated heterocycles. The molecule has 3 aromatic carbocycles. The number of allylic oxidation sites excluding steroid dienone is 1. The molecule has 0 fully saturated rings. The molecule has 2 aliphatic rings. The summed E-state index contributed by atoms with van der Waals surface area (Å²) in [6.07, 6.45) is 1.59. The fraction of sp³-hybridized carbons (Fsp3) is 0.167. The summed E-state index contributed by atoms with van der Waals surface area (Å²) >= 11 is 0. The van der Waals surface area contributed by atoms with Crippen LogP contribution < -0.4 is 24.5 Å². The van der Waals surface area contributed by atoms with Gasteiger partial charge in [-0.2, -0.15) is 0 Å². The van der Waals surface area contributed by atoms with E-state index in [1.54, 1.807) is 63.7 Å². The lowest BCUT2D eigenvalue weighted by Gasteiger charge is -2.26. The topological polar surface area (TPSA) is 93.1 Å². The third kappa shape index (κ3) is 3.73. The number of aromatic nitrogens is 1. The van der Waals surface area contributed by atoms with E-state index in [4.69, 9.17) is 18.9 Å². The molecule has 0 spiro atoms. The maximum Gasteiger partial charge on any atom is 0.312 e. The largest absolute Gasteiger partial charge is 0.497 e. The molecule has 0 amide bonds. The molecule has 4 aromatic rings. The standard InChI is InChI=1S/C30H23NO7/c1-31-23-14-19(36-3)9-6-17(23)13-22(30(31)34)21-15-26(32)37-24-11-10-20-28(33)25(38-29(20)27(21)24)12-16-4-7-18(35-2)8-5-16/h4-14,21H,15H2,1-3H3/b25-12+/t21-/m1/s1. The van der Waals surface area contributed by atoms with Gasteiger partial charge in [-0.25, -0.2) is 0 Å². The number of hydrogen-bond acceptors (Lipinski definition) is 7. The number of carbonyl (C=O) groups is 2. The van der Waals surface area contributed by atoms with Crippen LogP contribution in [0, 0.1) is 0 Å². The Labute approximate surface area is 217 Å². The van der Waals surface area contributed by atoms with Crippen molar-refractivity contribution >= 4 is 28.7 Å². The molecule has 6 rings (SSSR count). The van der Waals surface area contributed by atoms with Crippen molar-refractivity contribution in [3.8, 4) is 23.0 Å². The molecule has 0 saturated carbocycles. The zero-order chi connectivity index (χ0) is 26.6. The molecule has 8 nitrogen and oxygen atoms in total. The minimum absolute atomic E-state index is 0.0601. The number of ketones is 1. The van der Waals surface area contributed by atoms with Gasteiger partial charge in [0.05, 0.1) is 31.7 Å². The molecule has 1 atom stereocenters. The van der Waals surface area contributed by atoms with Gasteiger partial charge in [0.1, 0.15) is 23.0 Å². The molecular formula is C30H23NO7. The highest BCUT2D eigenvalue weighted by molar-refractivity contribution is 6.15. The van der Waals surface area contributed by atoms with E-state index < -0.39 is 11.9 Å². The van der Waals surface area contributed by atoms with Gasteiger partial charge in [0.15, 0.2) is 5.76 Å². The lowest BCUT2D eigenvalue weighted by molar-refractivity contribution is -0.135. The van der Waals surface area contributed by atoms with Crippen molar-refractivity contribution in [2.75, 3.05) is 14.2 Å². The first kappa shape index (κ1) is 23.5. The fourth-order valence-corrected chi connectivity index (χ4v) is 5.07. The maximum absolute atomic E-state index is 13.6. The quantitative estimate of drug-likeness (QED) is 0.225. The average molecular weight is 510 g/mol. The van der Waals surface area contributed by atoms with Crippen molar-refractivity contribution in [1.29, 1.82) is 0 Å². The van der Waals surface area contributed by atoms with Crippen LogP contribution in [0.25, 0.3) is 17.0 Å². The van der Waals surface area contributed by atoms with Crippen LogP contribution in [-0.4, -0.2) is 30.5 Å². The number of methoxy groups -OCH3 is 2. The monoisotopic (exact) mass is 509 g/mol. The molecule has 8 heteroatoms. The zero-order valence-electron chi connectivity index (χ0n) is 20.9. The Morgan fingerprint density at radius 3 is 2.37 bits per heavy atom. The van der Waals surface area contributed by atoms with Crippen LogP contribution in [0.1, 0.15) is 39.4 Å². The smallest absolute Gasteiger partial charge is 0.312 e. The third-order valence-electron chi connectivity index (χ3n) is 7.03. The molecule has 3 heterocycles. The number of Topliss-reactive ketones (excluding diaryl/α,β-unsaturated/α-hetero) is 1. The minimum Gasteiger partial charge on any atom is -0.497 e. The van der Waals surface area contributed by atoms with Crippen LogP contribution in [0.3, 0.4) is 0 Å². The van der Waals surface area contributed by atoms with Gasteiger partial charge in [0, 0.05) is 30.2 Å². The van der Waals surface area contributed by atoms with Crippen molar-refractivity contribution in [3.63, 3.8) is 0 Å². The number of hydrogen-bond donors (Lipinski definition) is 0. The highest BCUT2D eigenvalue weighted by Gasteiger charge is 2.39. The van der Waals surface area contributed by atoms with Gasteiger partial charge in [-0.3, -0.25) is 14.4 Å². The maximum atomic E-state index is 13.6. The molecule has 0 bridgehead atoms. The number of fused-ring (bicyclic) bond motifs is 4. The van der Waals surface area contributed by atoms with Crippen LogP contribution in [0.5, 0.6) is 23.0 Å². The molecule has 0 radical (unpaired) electrons. The number of aryl methyl sites for hydroxylation is 1. The van der Waals surface area contributed by atoms with Crippen molar-refractivity contribution in [2.45, 2.75) is 12.3 Å². The number of pyridine rings is 1. The summed E-state index contributed by atoms with van der Waals surface area (Å²) < 4.78 is 23.7. The van der Waals surface area contributed by atoms with Crippen LogP contribution in [0.4, 0.5) is 0 Å². The van der Waals surface area contributed by atoms with E-state index in [1.165, 1.54) is 4.57 Å². The zero-order valence-corrected chi connectivity index (χ0v) is 20.9. The first-order valence-corrected chi connectivity index (χ1v) is 12.0. The number of nitrogens with zero attached hydrogens (tertiary/aromatic N) is 1. The van der Waals surface area contributed by atoms with Gasteiger partial charge in [0.25, 0.3) is 5.56 Å². The Balaban J connectivity index is 1.48. The first-order valence-electron chi connectivity index (χ1n) is 12.0. The molecular weight excluding hydrogens is 486 g/mol. The number of rotatable bonds is 4. The summed E-state index contributed by atoms with van der Waals surface area (Å²) in [4.78, 5) is 39.4. The minimum atomic E-state index is -0.653. The predicted octanol–water partition coefficient (Wildman–Crippen LogP) is 4.61. The summed E-state index contributed by atoms with van der Waals surface area (Å²) in [6.45, 7) is 0. The molecule has 0 unspecified atom stereocenters. The van der Waals surface area contributed by atoms with Crippen LogP contribution in [0.15, 0.2) is 71.2 Å². The Bertz CT molecular complexity index is 1730. The van der Waals surface area contributed by atoms with Gasteiger partial charge < -0.3 is 23.5 Å². The SMILES string of the molecule is COc1ccc(/C=C2/Oc3c(ccc4c3[C@@H](c3cc5ccc(OC)cc5n(C)c3=O)CC(=O)O4)C2=O)cc1. The van der Waals surface area contributed by atoms with Gasteiger partial charge in [-0.15, -0.1) is 0 Å². The molecule has 190 valence electrons. The Morgan fingerprint density at radius 2 is 1.63 bits per heavy atom. The van der Waals surface area contributed by atoms with Crippen molar-refractivity contribution < 1.29 is 28.5 Å². The fourth-order valence-electron chi connectivity index (χ4n) is 5.07. The van der Waals surface area contributed by atoms with E-state index in [-0.39, 0.29) is 29.3 Å². The molecule has 0 aliphatic carbocycles. The van der Waals surface area contributed by atoms with E-state index in [1.807, 2.05) is 24.3 Å². The molecule has 1 aromatic heterocycles. The number of benzene rings is 3. The molecule has 38 heavy (non-hydrogen) atoms. The van der Waals surface area contributed by atoms with Gasteiger partial charge in [-0.1, -0.05) is 12.1 Å². The van der Waals surface area contributed by atoms with Crippen molar-refractivity contribution in [2.24, 2.45) is 7.05 Å². The van der Waals surface area contributed by atoms with Crippen LogP contribution >= 0.6 is 0 Å². The van der Waals surface area contributed by atoms with Crippen LogP contribution in [0.2, 0.25) is 0 Å². The van der Waals surface area contributed by atoms with E-state index >= 15 is 0 Å². The summed E-state index contributed by atoms with van der Waals surface area (Å²) in [5, 5.41) is 0.813. The Morgan fingerprint density at radius 1 is 0.895 bits per heavy atom. The van der Waals surface area contributed by atoms with Crippen molar-refractivity contribution in [3.05, 3.63) is 99.0 Å².